The van der Waals surface area contributed by atoms with Gasteiger partial charge in [0.1, 0.15) is 11.6 Å². The Hall–Kier alpha value is -2.79. The van der Waals surface area contributed by atoms with Gasteiger partial charge in [0.15, 0.2) is 0 Å². The fourth-order valence-corrected chi connectivity index (χ4v) is 3.15. The zero-order valence-electron chi connectivity index (χ0n) is 16.1. The van der Waals surface area contributed by atoms with Crippen LogP contribution in [0.25, 0.3) is 11.4 Å². The molecule has 0 aliphatic heterocycles. The van der Waals surface area contributed by atoms with Crippen molar-refractivity contribution in [2.75, 3.05) is 0 Å². The number of rotatable bonds is 7. The Bertz CT molecular complexity index is 1000. The second kappa shape index (κ2) is 8.93. The molecule has 0 amide bonds. The molecule has 28 heavy (non-hydrogen) atoms. The van der Waals surface area contributed by atoms with Crippen LogP contribution in [-0.2, 0) is 13.0 Å². The van der Waals surface area contributed by atoms with E-state index in [2.05, 4.69) is 64.1 Å². The summed E-state index contributed by atoms with van der Waals surface area (Å²) in [5.41, 5.74) is 4.87. The van der Waals surface area contributed by atoms with Gasteiger partial charge in [-0.25, -0.2) is 4.68 Å². The van der Waals surface area contributed by atoms with Crippen molar-refractivity contribution in [3.63, 3.8) is 0 Å². The minimum atomic E-state index is 0.205. The van der Waals surface area contributed by atoms with Crippen LogP contribution in [0.4, 0.5) is 0 Å². The first-order valence-corrected chi connectivity index (χ1v) is 10.00. The fraction of sp³-hybridized carbons (Fsp3) is 0.174. The maximum Gasteiger partial charge on any atom is 0.128 e. The van der Waals surface area contributed by atoms with Crippen LogP contribution in [0.3, 0.4) is 0 Å². The van der Waals surface area contributed by atoms with Gasteiger partial charge in [-0.1, -0.05) is 56.0 Å². The summed E-state index contributed by atoms with van der Waals surface area (Å²) < 4.78 is 2.76. The Morgan fingerprint density at radius 1 is 1.18 bits per heavy atom. The smallest absolute Gasteiger partial charge is 0.128 e. The van der Waals surface area contributed by atoms with E-state index in [1.165, 1.54) is 11.1 Å². The van der Waals surface area contributed by atoms with Gasteiger partial charge in [-0.3, -0.25) is 0 Å². The zero-order chi connectivity index (χ0) is 20.1. The van der Waals surface area contributed by atoms with Crippen molar-refractivity contribution in [1.29, 1.82) is 0 Å². The van der Waals surface area contributed by atoms with Gasteiger partial charge in [-0.2, -0.15) is 5.10 Å². The van der Waals surface area contributed by atoms with E-state index >= 15 is 0 Å². The van der Waals surface area contributed by atoms with Crippen LogP contribution < -0.4 is 5.32 Å². The lowest BCUT2D eigenvalue weighted by atomic mass is 10.1. The highest BCUT2D eigenvalue weighted by atomic mass is 79.9. The number of nitrogens with one attached hydrogen (secondary N) is 1. The molecule has 0 spiro atoms. The third-order valence-electron chi connectivity index (χ3n) is 4.64. The summed E-state index contributed by atoms with van der Waals surface area (Å²) in [6.45, 7) is 8.93. The number of hydrogen-bond acceptors (Lipinski definition) is 3. The van der Waals surface area contributed by atoms with Crippen molar-refractivity contribution in [3.05, 3.63) is 94.2 Å². The SMILES string of the molecule is C=C(/C=C(/NCc1ccc(CC)cc1)n1ncc(Br)c1C)c1ccccc1O. The number of phenols is 1. The van der Waals surface area contributed by atoms with Crippen LogP contribution in [0.5, 0.6) is 5.75 Å². The molecule has 0 bridgehead atoms. The van der Waals surface area contributed by atoms with Crippen LogP contribution in [-0.4, -0.2) is 14.9 Å². The molecule has 1 aromatic heterocycles. The van der Waals surface area contributed by atoms with E-state index in [9.17, 15) is 5.11 Å². The molecule has 0 unspecified atom stereocenters. The number of halogens is 1. The van der Waals surface area contributed by atoms with Crippen LogP contribution in [0.2, 0.25) is 0 Å². The standard InChI is InChI=1S/C23H24BrN3O/c1-4-18-9-11-19(12-10-18)14-25-23(27-17(3)21(24)15-26-27)13-16(2)20-7-5-6-8-22(20)28/h5-13,15,25,28H,2,4,14H2,1,3H3/b23-13-. The van der Waals surface area contributed by atoms with Crippen LogP contribution in [0, 0.1) is 6.92 Å². The summed E-state index contributed by atoms with van der Waals surface area (Å²) >= 11 is 3.52. The number of aryl methyl sites for hydroxylation is 1. The van der Waals surface area contributed by atoms with E-state index in [-0.39, 0.29) is 5.75 Å². The van der Waals surface area contributed by atoms with Gasteiger partial charge in [-0.15, -0.1) is 0 Å². The van der Waals surface area contributed by atoms with Crippen LogP contribution in [0.1, 0.15) is 29.3 Å². The van der Waals surface area contributed by atoms with Crippen molar-refractivity contribution in [1.82, 2.24) is 15.1 Å². The first kappa shape index (κ1) is 20.0. The minimum absolute atomic E-state index is 0.205. The maximum atomic E-state index is 10.1. The van der Waals surface area contributed by atoms with Gasteiger partial charge >= 0.3 is 0 Å². The van der Waals surface area contributed by atoms with Crippen LogP contribution in [0.15, 0.2) is 71.9 Å². The number of nitrogens with zero attached hydrogens (tertiary/aromatic N) is 2. The Kier molecular flexibility index (Phi) is 6.37. The molecule has 0 saturated heterocycles. The third-order valence-corrected chi connectivity index (χ3v) is 5.42. The van der Waals surface area contributed by atoms with E-state index in [1.54, 1.807) is 18.3 Å². The van der Waals surface area contributed by atoms with Crippen molar-refractivity contribution in [2.24, 2.45) is 0 Å². The number of phenolic OH excluding ortho intramolecular Hbond substituents is 1. The molecule has 0 saturated carbocycles. The van der Waals surface area contributed by atoms with Gasteiger partial charge in [-0.05, 0) is 58.1 Å². The van der Waals surface area contributed by atoms with Gasteiger partial charge in [0.25, 0.3) is 0 Å². The van der Waals surface area contributed by atoms with E-state index in [0.717, 1.165) is 22.4 Å². The molecule has 2 aromatic carbocycles. The summed E-state index contributed by atoms with van der Waals surface area (Å²) in [6, 6.07) is 15.7. The topological polar surface area (TPSA) is 50.1 Å². The van der Waals surface area contributed by atoms with Crippen molar-refractivity contribution in [3.8, 4) is 5.75 Å². The molecule has 0 fully saturated rings. The molecule has 3 rings (SSSR count). The number of aromatic hydroxyl groups is 1. The molecule has 5 heteroatoms. The molecule has 4 nitrogen and oxygen atoms in total. The molecule has 144 valence electrons. The van der Waals surface area contributed by atoms with Crippen LogP contribution >= 0.6 is 15.9 Å². The second-order valence-corrected chi connectivity index (χ2v) is 7.44. The summed E-state index contributed by atoms with van der Waals surface area (Å²) in [4.78, 5) is 0. The summed E-state index contributed by atoms with van der Waals surface area (Å²) in [5.74, 6) is 0.993. The number of para-hydroxylation sites is 1. The van der Waals surface area contributed by atoms with Crippen molar-refractivity contribution >= 4 is 27.3 Å². The second-order valence-electron chi connectivity index (χ2n) is 6.59. The Labute approximate surface area is 174 Å². The molecule has 3 aromatic rings. The van der Waals surface area contributed by atoms with E-state index in [0.29, 0.717) is 17.7 Å². The molecule has 0 radical (unpaired) electrons. The molecular formula is C23H24BrN3O. The summed E-state index contributed by atoms with van der Waals surface area (Å²) in [7, 11) is 0. The van der Waals surface area contributed by atoms with Crippen molar-refractivity contribution < 1.29 is 5.11 Å². The minimum Gasteiger partial charge on any atom is -0.507 e. The number of allylic oxidation sites excluding steroid dienone is 2. The third kappa shape index (κ3) is 4.54. The summed E-state index contributed by atoms with van der Waals surface area (Å²) in [6.07, 6.45) is 4.70. The quantitative estimate of drug-likeness (QED) is 0.478. The normalized spacial score (nSPS) is 11.5. The fourth-order valence-electron chi connectivity index (χ4n) is 2.89. The maximum absolute atomic E-state index is 10.1. The van der Waals surface area contributed by atoms with Gasteiger partial charge in [0.05, 0.1) is 16.4 Å². The summed E-state index contributed by atoms with van der Waals surface area (Å²) in [5, 5.41) is 18.1. The average Bonchev–Trinajstić information content (AvgIpc) is 3.04. The number of aromatic nitrogens is 2. The lowest BCUT2D eigenvalue weighted by Crippen LogP contribution is -2.19. The number of hydrogen-bond donors (Lipinski definition) is 2. The van der Waals surface area contributed by atoms with Crippen molar-refractivity contribution in [2.45, 2.75) is 26.8 Å². The molecular weight excluding hydrogens is 414 g/mol. The monoisotopic (exact) mass is 437 g/mol. The molecule has 1 heterocycles. The van der Waals surface area contributed by atoms with Gasteiger partial charge in [0, 0.05) is 12.1 Å². The van der Waals surface area contributed by atoms with E-state index in [4.69, 9.17) is 0 Å². The number of benzene rings is 2. The highest BCUT2D eigenvalue weighted by molar-refractivity contribution is 9.10. The molecule has 0 aliphatic carbocycles. The molecule has 2 N–H and O–H groups in total. The average molecular weight is 438 g/mol. The first-order valence-electron chi connectivity index (χ1n) is 9.20. The Morgan fingerprint density at radius 2 is 1.86 bits per heavy atom. The molecule has 0 atom stereocenters. The molecule has 0 aliphatic rings. The predicted octanol–water partition coefficient (Wildman–Crippen LogP) is 5.52. The van der Waals surface area contributed by atoms with Gasteiger partial charge in [0.2, 0.25) is 0 Å². The zero-order valence-corrected chi connectivity index (χ0v) is 17.7. The highest BCUT2D eigenvalue weighted by Gasteiger charge is 2.11. The lowest BCUT2D eigenvalue weighted by Gasteiger charge is -2.15. The first-order chi connectivity index (χ1) is 13.5. The van der Waals surface area contributed by atoms with E-state index in [1.807, 2.05) is 29.8 Å². The Balaban J connectivity index is 1.89. The lowest BCUT2D eigenvalue weighted by molar-refractivity contribution is 0.474. The highest BCUT2D eigenvalue weighted by Crippen LogP contribution is 2.26. The predicted molar refractivity (Wildman–Crippen MR) is 119 cm³/mol. The Morgan fingerprint density at radius 3 is 2.46 bits per heavy atom. The largest absolute Gasteiger partial charge is 0.507 e. The van der Waals surface area contributed by atoms with Gasteiger partial charge < -0.3 is 10.4 Å². The van der Waals surface area contributed by atoms with E-state index < -0.39 is 0 Å².